The third-order valence-corrected chi connectivity index (χ3v) is 7.01. The molecule has 0 aliphatic heterocycles. The van der Waals surface area contributed by atoms with Crippen molar-refractivity contribution in [3.8, 4) is 0 Å². The third kappa shape index (κ3) is 3.98. The van der Waals surface area contributed by atoms with Gasteiger partial charge in [0.1, 0.15) is 0 Å². The van der Waals surface area contributed by atoms with E-state index in [0.717, 1.165) is 12.0 Å². The molecule has 3 aromatic carbocycles. The molecule has 1 nitrogen and oxygen atoms in total. The summed E-state index contributed by atoms with van der Waals surface area (Å²) in [6.45, 7) is 2.18. The molecule has 3 heteroatoms. The monoisotopic (exact) mass is 364 g/mol. The summed E-state index contributed by atoms with van der Waals surface area (Å²) in [6, 6.07) is 27.9. The molecule has 0 amide bonds. The minimum absolute atomic E-state index is 0.553. The molecule has 0 aromatic heterocycles. The zero-order valence-corrected chi connectivity index (χ0v) is 16.2. The summed E-state index contributed by atoms with van der Waals surface area (Å²) in [4.78, 5) is 0. The van der Waals surface area contributed by atoms with Crippen molar-refractivity contribution in [1.82, 2.24) is 0 Å². The summed E-state index contributed by atoms with van der Waals surface area (Å²) in [7, 11) is 0.952. The zero-order chi connectivity index (χ0) is 17.6. The predicted octanol–water partition coefficient (Wildman–Crippen LogP) is 4.33. The molecular weight excluding hydrogens is 343 g/mol. The van der Waals surface area contributed by atoms with Gasteiger partial charge in [0.2, 0.25) is 0 Å². The fraction of sp³-hybridized carbons (Fsp3) is 0.136. The van der Waals surface area contributed by atoms with E-state index in [0.29, 0.717) is 5.05 Å². The van der Waals surface area contributed by atoms with Gasteiger partial charge in [-0.3, -0.25) is 0 Å². The first-order valence-corrected chi connectivity index (χ1v) is 10.1. The molecule has 3 aromatic rings. The topological polar surface area (TPSA) is 9.23 Å². The molecule has 0 aliphatic rings. The molecule has 126 valence electrons. The third-order valence-electron chi connectivity index (χ3n) is 4.15. The molecule has 0 spiro atoms. The van der Waals surface area contributed by atoms with E-state index in [-0.39, 0.29) is 0 Å². The van der Waals surface area contributed by atoms with Crippen LogP contribution in [0.2, 0.25) is 0 Å². The van der Waals surface area contributed by atoms with Gasteiger partial charge in [-0.2, -0.15) is 0 Å². The van der Waals surface area contributed by atoms with Crippen molar-refractivity contribution in [1.29, 1.82) is 0 Å². The number of aryl methyl sites for hydroxylation is 1. The van der Waals surface area contributed by atoms with Crippen LogP contribution in [-0.2, 0) is 11.2 Å². The average molecular weight is 364 g/mol. The smallest absolute Gasteiger partial charge is 0.191 e. The number of hydrogen-bond donors (Lipinski definition) is 0. The van der Waals surface area contributed by atoms with E-state index in [4.69, 9.17) is 17.0 Å². The van der Waals surface area contributed by atoms with Gasteiger partial charge in [0.15, 0.2) is 5.05 Å². The molecule has 0 saturated heterocycles. The molecule has 0 fully saturated rings. The summed E-state index contributed by atoms with van der Waals surface area (Å²) >= 11 is 5.50. The lowest BCUT2D eigenvalue weighted by atomic mass is 10.1. The lowest BCUT2D eigenvalue weighted by molar-refractivity contribution is 0.416. The minimum atomic E-state index is -0.694. The molecule has 25 heavy (non-hydrogen) atoms. The Bertz CT molecular complexity index is 807. The molecule has 0 heterocycles. The van der Waals surface area contributed by atoms with Crippen LogP contribution in [0.4, 0.5) is 0 Å². The lowest BCUT2D eigenvalue weighted by Crippen LogP contribution is -2.25. The van der Waals surface area contributed by atoms with Crippen LogP contribution < -0.4 is 15.9 Å². The van der Waals surface area contributed by atoms with E-state index >= 15 is 0 Å². The Balaban J connectivity index is 2.24. The van der Waals surface area contributed by atoms with Crippen molar-refractivity contribution in [3.63, 3.8) is 0 Å². The van der Waals surface area contributed by atoms with Crippen molar-refractivity contribution >= 4 is 41.1 Å². The molecule has 0 unspecified atom stereocenters. The van der Waals surface area contributed by atoms with Crippen LogP contribution in [0, 0.1) is 0 Å². The van der Waals surface area contributed by atoms with Crippen LogP contribution in [0.15, 0.2) is 78.9 Å². The van der Waals surface area contributed by atoms with E-state index in [2.05, 4.69) is 85.8 Å². The second-order valence-electron chi connectivity index (χ2n) is 5.70. The SMILES string of the molecule is CCc1ccc(C(=S)OC)c(P(c2ccccc2)c2ccccc2)c1. The normalized spacial score (nSPS) is 10.7. The van der Waals surface area contributed by atoms with Gasteiger partial charge in [0, 0.05) is 5.56 Å². The first-order valence-electron chi connectivity index (χ1n) is 8.36. The molecule has 0 atom stereocenters. The maximum absolute atomic E-state index is 5.50. The van der Waals surface area contributed by atoms with Crippen molar-refractivity contribution in [2.75, 3.05) is 7.11 Å². The van der Waals surface area contributed by atoms with Crippen molar-refractivity contribution in [2.45, 2.75) is 13.3 Å². The first-order chi connectivity index (χ1) is 12.2. The standard InChI is InChI=1S/C22H21OPS/c1-3-17-14-15-20(22(25)23-2)21(16-17)24(18-10-6-4-7-11-18)19-12-8-5-9-13-19/h4-16H,3H2,1-2H3. The number of thiocarbonyl (C=S) groups is 1. The van der Waals surface area contributed by atoms with Crippen LogP contribution in [-0.4, -0.2) is 12.2 Å². The Kier molecular flexibility index (Phi) is 5.96. The molecule has 0 saturated carbocycles. The van der Waals surface area contributed by atoms with Gasteiger partial charge in [-0.15, -0.1) is 0 Å². The molecule has 3 rings (SSSR count). The van der Waals surface area contributed by atoms with Crippen LogP contribution in [0.25, 0.3) is 0 Å². The Hall–Kier alpha value is -2.02. The van der Waals surface area contributed by atoms with Crippen molar-refractivity contribution < 1.29 is 4.74 Å². The second kappa shape index (κ2) is 8.38. The van der Waals surface area contributed by atoms with Crippen LogP contribution in [0.3, 0.4) is 0 Å². The van der Waals surface area contributed by atoms with E-state index < -0.39 is 7.92 Å². The number of rotatable bonds is 5. The fourth-order valence-electron chi connectivity index (χ4n) is 2.85. The maximum Gasteiger partial charge on any atom is 0.191 e. The van der Waals surface area contributed by atoms with Gasteiger partial charge in [0.05, 0.1) is 7.11 Å². The largest absolute Gasteiger partial charge is 0.486 e. The summed E-state index contributed by atoms with van der Waals surface area (Å²) < 4.78 is 5.41. The quantitative estimate of drug-likeness (QED) is 0.492. The lowest BCUT2D eigenvalue weighted by Gasteiger charge is -2.23. The Morgan fingerprint density at radius 2 is 1.44 bits per heavy atom. The summed E-state index contributed by atoms with van der Waals surface area (Å²) in [5.74, 6) is 0. The van der Waals surface area contributed by atoms with Gasteiger partial charge in [0.25, 0.3) is 0 Å². The Labute approximate surface area is 156 Å². The van der Waals surface area contributed by atoms with Gasteiger partial charge >= 0.3 is 0 Å². The highest BCUT2D eigenvalue weighted by molar-refractivity contribution is 7.82. The molecule has 0 N–H and O–H groups in total. The number of benzene rings is 3. The van der Waals surface area contributed by atoms with Gasteiger partial charge in [-0.05, 0) is 60.2 Å². The minimum Gasteiger partial charge on any atom is -0.486 e. The summed E-state index contributed by atoms with van der Waals surface area (Å²) in [5, 5.41) is 4.45. The Morgan fingerprint density at radius 3 is 1.92 bits per heavy atom. The summed E-state index contributed by atoms with van der Waals surface area (Å²) in [6.07, 6.45) is 1.000. The number of hydrogen-bond acceptors (Lipinski definition) is 2. The van der Waals surface area contributed by atoms with Gasteiger partial charge < -0.3 is 4.74 Å². The predicted molar refractivity (Wildman–Crippen MR) is 113 cm³/mol. The molecule has 0 bridgehead atoms. The molecular formula is C22H21OPS. The highest BCUT2D eigenvalue weighted by Crippen LogP contribution is 2.34. The van der Waals surface area contributed by atoms with Crippen molar-refractivity contribution in [2.24, 2.45) is 0 Å². The molecule has 0 aliphatic carbocycles. The van der Waals surface area contributed by atoms with E-state index in [1.807, 2.05) is 0 Å². The van der Waals surface area contributed by atoms with Crippen LogP contribution in [0.5, 0.6) is 0 Å². The maximum atomic E-state index is 5.50. The van der Waals surface area contributed by atoms with Crippen LogP contribution in [0.1, 0.15) is 18.1 Å². The fourth-order valence-corrected chi connectivity index (χ4v) is 5.61. The highest BCUT2D eigenvalue weighted by atomic mass is 32.1. The summed E-state index contributed by atoms with van der Waals surface area (Å²) in [5.41, 5.74) is 2.34. The highest BCUT2D eigenvalue weighted by Gasteiger charge is 2.21. The zero-order valence-electron chi connectivity index (χ0n) is 14.5. The van der Waals surface area contributed by atoms with Gasteiger partial charge in [-0.1, -0.05) is 73.7 Å². The van der Waals surface area contributed by atoms with E-state index in [1.165, 1.54) is 21.5 Å². The number of methoxy groups -OCH3 is 1. The second-order valence-corrected chi connectivity index (χ2v) is 8.26. The average Bonchev–Trinajstić information content (AvgIpc) is 2.69. The van der Waals surface area contributed by atoms with Gasteiger partial charge in [-0.25, -0.2) is 0 Å². The van der Waals surface area contributed by atoms with Crippen molar-refractivity contribution in [3.05, 3.63) is 90.0 Å². The molecule has 0 radical (unpaired) electrons. The number of ether oxygens (including phenoxy) is 1. The Morgan fingerprint density at radius 1 is 0.880 bits per heavy atom. The van der Waals surface area contributed by atoms with E-state index in [9.17, 15) is 0 Å². The van der Waals surface area contributed by atoms with Crippen LogP contribution >= 0.6 is 20.1 Å². The van der Waals surface area contributed by atoms with E-state index in [1.54, 1.807) is 7.11 Å². The first kappa shape index (κ1) is 17.8.